The number of nitrogens with two attached hydrogens (primary N) is 1. The summed E-state index contributed by atoms with van der Waals surface area (Å²) in [5.74, 6) is 1.44. The first-order chi connectivity index (χ1) is 8.56. The van der Waals surface area contributed by atoms with Crippen molar-refractivity contribution >= 4 is 28.8 Å². The van der Waals surface area contributed by atoms with Gasteiger partial charge in [-0.15, -0.1) is 23.1 Å². The largest absolute Gasteiger partial charge is 0.399 e. The molecule has 0 fully saturated rings. The van der Waals surface area contributed by atoms with Crippen LogP contribution in [0.2, 0.25) is 0 Å². The summed E-state index contributed by atoms with van der Waals surface area (Å²) in [6.45, 7) is 6.40. The number of rotatable bonds is 4. The van der Waals surface area contributed by atoms with E-state index >= 15 is 0 Å². The molecule has 0 bridgehead atoms. The molecule has 4 heteroatoms. The predicted molar refractivity (Wildman–Crippen MR) is 81.4 cm³/mol. The lowest BCUT2D eigenvalue weighted by molar-refractivity contribution is 0.846. The molecule has 1 aromatic carbocycles. The van der Waals surface area contributed by atoms with Crippen molar-refractivity contribution in [3.8, 4) is 0 Å². The number of thiazole rings is 1. The Kier molecular flexibility index (Phi) is 4.30. The van der Waals surface area contributed by atoms with Gasteiger partial charge in [-0.3, -0.25) is 0 Å². The van der Waals surface area contributed by atoms with E-state index in [4.69, 9.17) is 5.73 Å². The zero-order chi connectivity index (χ0) is 13.1. The van der Waals surface area contributed by atoms with Gasteiger partial charge in [0.1, 0.15) is 0 Å². The molecule has 2 rings (SSSR count). The van der Waals surface area contributed by atoms with Gasteiger partial charge in [-0.2, -0.15) is 0 Å². The Balaban J connectivity index is 2.00. The summed E-state index contributed by atoms with van der Waals surface area (Å²) in [5, 5.41) is 3.38. The van der Waals surface area contributed by atoms with E-state index in [1.807, 2.05) is 24.8 Å². The third kappa shape index (κ3) is 3.27. The molecule has 0 atom stereocenters. The summed E-state index contributed by atoms with van der Waals surface area (Å²) in [5.41, 5.74) is 8.98. The normalized spacial score (nSPS) is 11.1. The lowest BCUT2D eigenvalue weighted by Crippen LogP contribution is -1.89. The van der Waals surface area contributed by atoms with Gasteiger partial charge in [0, 0.05) is 27.6 Å². The molecular formula is C14H18N2S2. The average molecular weight is 278 g/mol. The Morgan fingerprint density at radius 3 is 2.78 bits per heavy atom. The third-order valence-corrected chi connectivity index (χ3v) is 4.91. The van der Waals surface area contributed by atoms with E-state index < -0.39 is 0 Å². The lowest BCUT2D eigenvalue weighted by atomic mass is 10.2. The van der Waals surface area contributed by atoms with Gasteiger partial charge >= 0.3 is 0 Å². The van der Waals surface area contributed by atoms with Crippen LogP contribution >= 0.6 is 23.1 Å². The Labute approximate surface area is 117 Å². The van der Waals surface area contributed by atoms with Crippen molar-refractivity contribution in [2.24, 2.45) is 0 Å². The van der Waals surface area contributed by atoms with Crippen LogP contribution in [-0.2, 0) is 5.75 Å². The fourth-order valence-electron chi connectivity index (χ4n) is 1.55. The Bertz CT molecular complexity index is 532. The second kappa shape index (κ2) is 5.76. The minimum Gasteiger partial charge on any atom is -0.399 e. The molecule has 0 spiro atoms. The maximum atomic E-state index is 5.81. The fraction of sp³-hybridized carbons (Fsp3) is 0.357. The van der Waals surface area contributed by atoms with Gasteiger partial charge in [-0.1, -0.05) is 13.8 Å². The molecule has 0 unspecified atom stereocenters. The van der Waals surface area contributed by atoms with Crippen LogP contribution in [-0.4, -0.2) is 4.98 Å². The number of benzene rings is 1. The molecule has 0 aliphatic rings. The second-order valence-electron chi connectivity index (χ2n) is 4.64. The number of hydrogen-bond acceptors (Lipinski definition) is 4. The molecule has 2 aromatic rings. The van der Waals surface area contributed by atoms with Crippen molar-refractivity contribution in [1.82, 2.24) is 4.98 Å². The summed E-state index contributed by atoms with van der Waals surface area (Å²) >= 11 is 3.56. The number of aryl methyl sites for hydroxylation is 1. The van der Waals surface area contributed by atoms with Gasteiger partial charge in [0.05, 0.1) is 10.7 Å². The molecule has 0 saturated carbocycles. The molecular weight excluding hydrogens is 260 g/mol. The molecule has 0 radical (unpaired) electrons. The maximum absolute atomic E-state index is 5.81. The quantitative estimate of drug-likeness (QED) is 0.663. The van der Waals surface area contributed by atoms with Crippen molar-refractivity contribution < 1.29 is 0 Å². The molecule has 0 aliphatic carbocycles. The Morgan fingerprint density at radius 1 is 1.39 bits per heavy atom. The Hall–Kier alpha value is -1.00. The zero-order valence-electron chi connectivity index (χ0n) is 10.9. The summed E-state index contributed by atoms with van der Waals surface area (Å²) in [6, 6.07) is 6.18. The summed E-state index contributed by atoms with van der Waals surface area (Å²) < 4.78 is 0. The van der Waals surface area contributed by atoms with Crippen LogP contribution in [0.1, 0.15) is 36.0 Å². The molecule has 0 amide bonds. The van der Waals surface area contributed by atoms with Crippen molar-refractivity contribution in [3.63, 3.8) is 0 Å². The van der Waals surface area contributed by atoms with Crippen LogP contribution in [0.15, 0.2) is 28.5 Å². The van der Waals surface area contributed by atoms with Gasteiger partial charge < -0.3 is 5.73 Å². The molecule has 2 N–H and O–H groups in total. The summed E-state index contributed by atoms with van der Waals surface area (Å²) in [4.78, 5) is 5.89. The highest BCUT2D eigenvalue weighted by Gasteiger charge is 2.06. The van der Waals surface area contributed by atoms with Crippen molar-refractivity contribution in [2.75, 3.05) is 5.73 Å². The zero-order valence-corrected chi connectivity index (χ0v) is 12.6. The van der Waals surface area contributed by atoms with E-state index in [1.165, 1.54) is 15.6 Å². The SMILES string of the molecule is Cc1cc(SCc2csc(C(C)C)n2)ccc1N. The minimum atomic E-state index is 0.521. The molecule has 1 heterocycles. The van der Waals surface area contributed by atoms with Crippen LogP contribution in [0.5, 0.6) is 0 Å². The minimum absolute atomic E-state index is 0.521. The monoisotopic (exact) mass is 278 g/mol. The predicted octanol–water partition coefficient (Wildman–Crippen LogP) is 4.45. The van der Waals surface area contributed by atoms with Gasteiger partial charge in [-0.05, 0) is 30.7 Å². The van der Waals surface area contributed by atoms with Crippen LogP contribution in [0, 0.1) is 6.92 Å². The van der Waals surface area contributed by atoms with Crippen molar-refractivity contribution in [2.45, 2.75) is 37.3 Å². The molecule has 18 heavy (non-hydrogen) atoms. The number of nitrogen functional groups attached to an aromatic ring is 1. The summed E-state index contributed by atoms with van der Waals surface area (Å²) in [6.07, 6.45) is 0. The first kappa shape index (κ1) is 13.4. The first-order valence-electron chi connectivity index (χ1n) is 5.99. The first-order valence-corrected chi connectivity index (χ1v) is 7.86. The molecule has 1 aromatic heterocycles. The topological polar surface area (TPSA) is 38.9 Å². The summed E-state index contributed by atoms with van der Waals surface area (Å²) in [7, 11) is 0. The highest BCUT2D eigenvalue weighted by molar-refractivity contribution is 7.98. The molecule has 2 nitrogen and oxygen atoms in total. The highest BCUT2D eigenvalue weighted by atomic mass is 32.2. The molecule has 0 aliphatic heterocycles. The van der Waals surface area contributed by atoms with Crippen LogP contribution in [0.3, 0.4) is 0 Å². The van der Waals surface area contributed by atoms with E-state index in [1.54, 1.807) is 11.3 Å². The van der Waals surface area contributed by atoms with Gasteiger partial charge in [0.15, 0.2) is 0 Å². The fourth-order valence-corrected chi connectivity index (χ4v) is 3.38. The maximum Gasteiger partial charge on any atom is 0.0954 e. The van der Waals surface area contributed by atoms with Crippen LogP contribution < -0.4 is 5.73 Å². The molecule has 0 saturated heterocycles. The number of aromatic nitrogens is 1. The van der Waals surface area contributed by atoms with Gasteiger partial charge in [0.2, 0.25) is 0 Å². The van der Waals surface area contributed by atoms with Crippen molar-refractivity contribution in [1.29, 1.82) is 0 Å². The van der Waals surface area contributed by atoms with E-state index in [9.17, 15) is 0 Å². The second-order valence-corrected chi connectivity index (χ2v) is 6.58. The number of anilines is 1. The van der Waals surface area contributed by atoms with E-state index in [0.717, 1.165) is 17.0 Å². The standard InChI is InChI=1S/C14H18N2S2/c1-9(2)14-16-11(8-18-14)7-17-12-4-5-13(15)10(3)6-12/h4-6,8-9H,7,15H2,1-3H3. The third-order valence-electron chi connectivity index (χ3n) is 2.69. The Morgan fingerprint density at radius 2 is 2.17 bits per heavy atom. The highest BCUT2D eigenvalue weighted by Crippen LogP contribution is 2.27. The van der Waals surface area contributed by atoms with Crippen molar-refractivity contribution in [3.05, 3.63) is 39.8 Å². The lowest BCUT2D eigenvalue weighted by Gasteiger charge is -2.04. The smallest absolute Gasteiger partial charge is 0.0954 e. The van der Waals surface area contributed by atoms with Gasteiger partial charge in [0.25, 0.3) is 0 Å². The van der Waals surface area contributed by atoms with E-state index in [-0.39, 0.29) is 0 Å². The van der Waals surface area contributed by atoms with Crippen LogP contribution in [0.25, 0.3) is 0 Å². The van der Waals surface area contributed by atoms with Crippen LogP contribution in [0.4, 0.5) is 5.69 Å². The number of hydrogen-bond donors (Lipinski definition) is 1. The number of thioether (sulfide) groups is 1. The van der Waals surface area contributed by atoms with Gasteiger partial charge in [-0.25, -0.2) is 4.98 Å². The van der Waals surface area contributed by atoms with E-state index in [2.05, 4.69) is 36.3 Å². The molecule has 96 valence electrons. The average Bonchev–Trinajstić information content (AvgIpc) is 2.79. The van der Waals surface area contributed by atoms with E-state index in [0.29, 0.717) is 5.92 Å². The number of nitrogens with zero attached hydrogens (tertiary/aromatic N) is 1.